The standard InChI is InChI=1S/C19H12N4O2/c20-13-14-1-3-16(4-2-14)22-23-17-5-7-18(8-6-17)25-19(24)15-9-11-21-12-10-15/h1-12H. The number of pyridine rings is 1. The van der Waals surface area contributed by atoms with E-state index >= 15 is 0 Å². The highest BCUT2D eigenvalue weighted by Crippen LogP contribution is 2.22. The van der Waals surface area contributed by atoms with E-state index in [1.165, 1.54) is 12.4 Å². The molecule has 0 saturated carbocycles. The first-order valence-corrected chi connectivity index (χ1v) is 7.39. The van der Waals surface area contributed by atoms with Crippen LogP contribution in [0.1, 0.15) is 15.9 Å². The molecule has 3 aromatic rings. The first-order valence-electron chi connectivity index (χ1n) is 7.39. The molecule has 0 aliphatic heterocycles. The van der Waals surface area contributed by atoms with Crippen LogP contribution in [0, 0.1) is 11.3 Å². The van der Waals surface area contributed by atoms with Gasteiger partial charge in [-0.15, -0.1) is 0 Å². The molecule has 0 saturated heterocycles. The number of esters is 1. The van der Waals surface area contributed by atoms with Gasteiger partial charge in [-0.05, 0) is 60.7 Å². The Labute approximate surface area is 144 Å². The largest absolute Gasteiger partial charge is 0.423 e. The van der Waals surface area contributed by atoms with E-state index in [0.29, 0.717) is 28.3 Å². The summed E-state index contributed by atoms with van der Waals surface area (Å²) in [6.45, 7) is 0. The normalized spacial score (nSPS) is 10.4. The molecule has 0 fully saturated rings. The maximum Gasteiger partial charge on any atom is 0.343 e. The molecule has 0 amide bonds. The fourth-order valence-corrected chi connectivity index (χ4v) is 1.95. The molecule has 1 heterocycles. The Hall–Kier alpha value is -3.85. The van der Waals surface area contributed by atoms with Crippen molar-refractivity contribution in [1.82, 2.24) is 4.98 Å². The first-order chi connectivity index (χ1) is 12.2. The molecule has 120 valence electrons. The zero-order chi connectivity index (χ0) is 17.5. The predicted molar refractivity (Wildman–Crippen MR) is 91.0 cm³/mol. The summed E-state index contributed by atoms with van der Waals surface area (Å²) in [5.74, 6) is -0.0338. The lowest BCUT2D eigenvalue weighted by Crippen LogP contribution is -2.08. The van der Waals surface area contributed by atoms with Crippen LogP contribution in [0.15, 0.2) is 83.3 Å². The van der Waals surface area contributed by atoms with Gasteiger partial charge in [0, 0.05) is 12.4 Å². The van der Waals surface area contributed by atoms with Crippen LogP contribution in [0.25, 0.3) is 0 Å². The lowest BCUT2D eigenvalue weighted by molar-refractivity contribution is 0.0734. The molecular formula is C19H12N4O2. The Morgan fingerprint density at radius 2 is 1.44 bits per heavy atom. The van der Waals surface area contributed by atoms with E-state index in [-0.39, 0.29) is 0 Å². The van der Waals surface area contributed by atoms with E-state index < -0.39 is 5.97 Å². The smallest absolute Gasteiger partial charge is 0.343 e. The number of aromatic nitrogens is 1. The summed E-state index contributed by atoms with van der Waals surface area (Å²) in [6, 6.07) is 18.7. The van der Waals surface area contributed by atoms with Gasteiger partial charge in [0.15, 0.2) is 0 Å². The minimum Gasteiger partial charge on any atom is -0.423 e. The summed E-state index contributed by atoms with van der Waals surface area (Å²) in [4.78, 5) is 15.8. The summed E-state index contributed by atoms with van der Waals surface area (Å²) < 4.78 is 5.27. The fraction of sp³-hybridized carbons (Fsp3) is 0. The molecule has 0 radical (unpaired) electrons. The van der Waals surface area contributed by atoms with Crippen LogP contribution < -0.4 is 4.74 Å². The van der Waals surface area contributed by atoms with Crippen LogP contribution in [0.4, 0.5) is 11.4 Å². The summed E-state index contributed by atoms with van der Waals surface area (Å²) in [6.07, 6.45) is 3.06. The molecule has 6 heteroatoms. The third-order valence-electron chi connectivity index (χ3n) is 3.24. The van der Waals surface area contributed by atoms with Crippen molar-refractivity contribution in [3.8, 4) is 11.8 Å². The zero-order valence-corrected chi connectivity index (χ0v) is 13.0. The summed E-state index contributed by atoms with van der Waals surface area (Å²) >= 11 is 0. The molecule has 0 aliphatic rings. The highest BCUT2D eigenvalue weighted by molar-refractivity contribution is 5.90. The number of azo groups is 1. The third-order valence-corrected chi connectivity index (χ3v) is 3.24. The number of carbonyl (C=O) groups excluding carboxylic acids is 1. The molecule has 0 aliphatic carbocycles. The van der Waals surface area contributed by atoms with Gasteiger partial charge in [-0.1, -0.05) is 0 Å². The van der Waals surface area contributed by atoms with Gasteiger partial charge < -0.3 is 4.74 Å². The van der Waals surface area contributed by atoms with Gasteiger partial charge in [-0.3, -0.25) is 4.98 Å². The van der Waals surface area contributed by atoms with Crippen LogP contribution >= 0.6 is 0 Å². The quantitative estimate of drug-likeness (QED) is 0.398. The molecule has 6 nitrogen and oxygen atoms in total. The Bertz CT molecular complexity index is 928. The van der Waals surface area contributed by atoms with Crippen molar-refractivity contribution in [2.24, 2.45) is 10.2 Å². The van der Waals surface area contributed by atoms with Crippen LogP contribution in [0.5, 0.6) is 5.75 Å². The topological polar surface area (TPSA) is 87.7 Å². The Morgan fingerprint density at radius 1 is 0.880 bits per heavy atom. The summed E-state index contributed by atoms with van der Waals surface area (Å²) in [5, 5.41) is 16.9. The highest BCUT2D eigenvalue weighted by atomic mass is 16.5. The number of hydrogen-bond donors (Lipinski definition) is 0. The van der Waals surface area contributed by atoms with E-state index in [9.17, 15) is 4.79 Å². The second-order valence-electron chi connectivity index (χ2n) is 4.98. The van der Waals surface area contributed by atoms with E-state index in [4.69, 9.17) is 10.00 Å². The minimum atomic E-state index is -0.450. The number of benzene rings is 2. The molecule has 0 spiro atoms. The first kappa shape index (κ1) is 16.0. The van der Waals surface area contributed by atoms with E-state index in [0.717, 1.165) is 0 Å². The molecule has 3 rings (SSSR count). The van der Waals surface area contributed by atoms with Gasteiger partial charge in [-0.2, -0.15) is 15.5 Å². The molecule has 0 unspecified atom stereocenters. The second-order valence-corrected chi connectivity index (χ2v) is 4.98. The van der Waals surface area contributed by atoms with Crippen molar-refractivity contribution >= 4 is 17.3 Å². The molecule has 25 heavy (non-hydrogen) atoms. The van der Waals surface area contributed by atoms with Crippen molar-refractivity contribution in [3.63, 3.8) is 0 Å². The maximum absolute atomic E-state index is 11.9. The van der Waals surface area contributed by atoms with Gasteiger partial charge >= 0.3 is 5.97 Å². The predicted octanol–water partition coefficient (Wildman–Crippen LogP) is 4.59. The highest BCUT2D eigenvalue weighted by Gasteiger charge is 2.07. The van der Waals surface area contributed by atoms with Crippen molar-refractivity contribution in [3.05, 3.63) is 84.2 Å². The van der Waals surface area contributed by atoms with Crippen LogP contribution in [0.2, 0.25) is 0 Å². The van der Waals surface area contributed by atoms with Gasteiger partial charge in [-0.25, -0.2) is 4.79 Å². The van der Waals surface area contributed by atoms with Gasteiger partial charge in [0.2, 0.25) is 0 Å². The Morgan fingerprint density at radius 3 is 2.00 bits per heavy atom. The van der Waals surface area contributed by atoms with E-state index in [1.807, 2.05) is 6.07 Å². The number of carbonyl (C=O) groups is 1. The maximum atomic E-state index is 11.9. The molecule has 0 N–H and O–H groups in total. The van der Waals surface area contributed by atoms with Crippen molar-refractivity contribution < 1.29 is 9.53 Å². The minimum absolute atomic E-state index is 0.416. The lowest BCUT2D eigenvalue weighted by atomic mass is 10.2. The fourth-order valence-electron chi connectivity index (χ4n) is 1.95. The molecule has 2 aromatic carbocycles. The van der Waals surface area contributed by atoms with Gasteiger partial charge in [0.25, 0.3) is 0 Å². The van der Waals surface area contributed by atoms with Gasteiger partial charge in [0.05, 0.1) is 28.6 Å². The number of hydrogen-bond acceptors (Lipinski definition) is 6. The number of ether oxygens (including phenoxy) is 1. The van der Waals surface area contributed by atoms with Crippen molar-refractivity contribution in [2.45, 2.75) is 0 Å². The SMILES string of the molecule is N#Cc1ccc(N=Nc2ccc(OC(=O)c3ccncc3)cc2)cc1. The van der Waals surface area contributed by atoms with Crippen molar-refractivity contribution in [2.75, 3.05) is 0 Å². The number of rotatable bonds is 4. The number of nitriles is 1. The molecule has 0 bridgehead atoms. The van der Waals surface area contributed by atoms with E-state index in [2.05, 4.69) is 15.2 Å². The van der Waals surface area contributed by atoms with E-state index in [1.54, 1.807) is 60.7 Å². The lowest BCUT2D eigenvalue weighted by Gasteiger charge is -2.03. The Kier molecular flexibility index (Phi) is 4.88. The zero-order valence-electron chi connectivity index (χ0n) is 13.0. The third kappa shape index (κ3) is 4.33. The molecular weight excluding hydrogens is 316 g/mol. The number of nitrogens with zero attached hydrogens (tertiary/aromatic N) is 4. The average Bonchev–Trinajstić information content (AvgIpc) is 2.68. The Balaban J connectivity index is 1.64. The summed E-state index contributed by atoms with van der Waals surface area (Å²) in [7, 11) is 0. The van der Waals surface area contributed by atoms with Crippen LogP contribution in [0.3, 0.4) is 0 Å². The van der Waals surface area contributed by atoms with Crippen molar-refractivity contribution in [1.29, 1.82) is 5.26 Å². The molecule has 0 atom stereocenters. The van der Waals surface area contributed by atoms with Crippen LogP contribution in [-0.4, -0.2) is 11.0 Å². The van der Waals surface area contributed by atoms with Crippen LogP contribution in [-0.2, 0) is 0 Å². The second kappa shape index (κ2) is 7.62. The average molecular weight is 328 g/mol. The summed E-state index contributed by atoms with van der Waals surface area (Å²) in [5.41, 5.74) is 2.26. The monoisotopic (exact) mass is 328 g/mol. The van der Waals surface area contributed by atoms with Gasteiger partial charge in [0.1, 0.15) is 5.75 Å². The molecule has 1 aromatic heterocycles.